The summed E-state index contributed by atoms with van der Waals surface area (Å²) in [5, 5.41) is 14.2. The molecule has 0 radical (unpaired) electrons. The normalized spacial score (nSPS) is 12.1. The maximum atomic E-state index is 10.9. The molecule has 3 N–H and O–H groups in total. The molecule has 0 aliphatic heterocycles. The summed E-state index contributed by atoms with van der Waals surface area (Å²) in [7, 11) is 1.62. The number of carbonyl (C=O) groups excluding carboxylic acids is 1. The van der Waals surface area contributed by atoms with Crippen molar-refractivity contribution in [2.75, 3.05) is 20.1 Å². The Bertz CT molecular complexity index is 219. The van der Waals surface area contributed by atoms with E-state index in [1.165, 1.54) is 0 Å². The first-order valence-corrected chi connectivity index (χ1v) is 5.69. The van der Waals surface area contributed by atoms with Gasteiger partial charge in [-0.05, 0) is 25.3 Å². The lowest BCUT2D eigenvalue weighted by molar-refractivity contribution is -0.137. The molecular weight excluding hydrogens is 208 g/mol. The van der Waals surface area contributed by atoms with Gasteiger partial charge < -0.3 is 15.7 Å². The Labute approximate surface area is 96.6 Å². The fourth-order valence-corrected chi connectivity index (χ4v) is 1.31. The molecule has 0 aromatic heterocycles. The number of hydrogen-bond donors (Lipinski definition) is 3. The van der Waals surface area contributed by atoms with Crippen molar-refractivity contribution >= 4 is 11.9 Å². The number of aliphatic carboxylic acids is 1. The van der Waals surface area contributed by atoms with Crippen LogP contribution in [0.2, 0.25) is 0 Å². The van der Waals surface area contributed by atoms with E-state index < -0.39 is 5.97 Å². The van der Waals surface area contributed by atoms with Crippen molar-refractivity contribution in [1.29, 1.82) is 0 Å². The van der Waals surface area contributed by atoms with Crippen LogP contribution in [0, 0.1) is 5.92 Å². The molecule has 0 heterocycles. The zero-order valence-electron chi connectivity index (χ0n) is 10.1. The maximum absolute atomic E-state index is 10.9. The van der Waals surface area contributed by atoms with E-state index in [1.54, 1.807) is 7.05 Å². The SMILES string of the molecule is CNC(=O)CCNCCC(C)CCC(=O)O. The summed E-state index contributed by atoms with van der Waals surface area (Å²) in [4.78, 5) is 21.2. The van der Waals surface area contributed by atoms with Crippen molar-refractivity contribution in [2.24, 2.45) is 5.92 Å². The summed E-state index contributed by atoms with van der Waals surface area (Å²) in [6.07, 6.45) is 2.38. The van der Waals surface area contributed by atoms with E-state index in [1.807, 2.05) is 6.92 Å². The molecule has 0 aliphatic rings. The van der Waals surface area contributed by atoms with Crippen molar-refractivity contribution in [3.8, 4) is 0 Å². The lowest BCUT2D eigenvalue weighted by atomic mass is 10.0. The van der Waals surface area contributed by atoms with Gasteiger partial charge in [-0.15, -0.1) is 0 Å². The molecule has 1 amide bonds. The third-order valence-corrected chi connectivity index (χ3v) is 2.47. The van der Waals surface area contributed by atoms with Gasteiger partial charge in [0.25, 0.3) is 0 Å². The average molecular weight is 230 g/mol. The molecule has 0 aliphatic carbocycles. The Morgan fingerprint density at radius 2 is 1.88 bits per heavy atom. The van der Waals surface area contributed by atoms with Gasteiger partial charge in [0.2, 0.25) is 5.91 Å². The fourth-order valence-electron chi connectivity index (χ4n) is 1.31. The first-order valence-electron chi connectivity index (χ1n) is 5.69. The smallest absolute Gasteiger partial charge is 0.303 e. The number of carboxylic acid groups (broad SMARTS) is 1. The van der Waals surface area contributed by atoms with Crippen LogP contribution >= 0.6 is 0 Å². The van der Waals surface area contributed by atoms with Crippen LogP contribution in [-0.2, 0) is 9.59 Å². The van der Waals surface area contributed by atoms with E-state index in [-0.39, 0.29) is 12.3 Å². The molecule has 16 heavy (non-hydrogen) atoms. The van der Waals surface area contributed by atoms with Crippen LogP contribution in [-0.4, -0.2) is 37.1 Å². The van der Waals surface area contributed by atoms with Gasteiger partial charge in [-0.25, -0.2) is 0 Å². The molecule has 94 valence electrons. The van der Waals surface area contributed by atoms with Gasteiger partial charge in [0.1, 0.15) is 0 Å². The molecule has 0 aromatic rings. The van der Waals surface area contributed by atoms with E-state index in [0.29, 0.717) is 25.3 Å². The van der Waals surface area contributed by atoms with Crippen molar-refractivity contribution in [2.45, 2.75) is 32.6 Å². The number of carboxylic acids is 1. The number of rotatable bonds is 9. The van der Waals surface area contributed by atoms with E-state index in [9.17, 15) is 9.59 Å². The van der Waals surface area contributed by atoms with Crippen LogP contribution in [0.5, 0.6) is 0 Å². The number of hydrogen-bond acceptors (Lipinski definition) is 3. The second-order valence-corrected chi connectivity index (χ2v) is 4.00. The molecule has 0 rings (SSSR count). The van der Waals surface area contributed by atoms with Crippen molar-refractivity contribution in [3.63, 3.8) is 0 Å². The zero-order valence-corrected chi connectivity index (χ0v) is 10.1. The van der Waals surface area contributed by atoms with E-state index in [2.05, 4.69) is 10.6 Å². The molecule has 5 nitrogen and oxygen atoms in total. The van der Waals surface area contributed by atoms with Crippen molar-refractivity contribution < 1.29 is 14.7 Å². The predicted octanol–water partition coefficient (Wildman–Crippen LogP) is 0.603. The van der Waals surface area contributed by atoms with Gasteiger partial charge >= 0.3 is 5.97 Å². The molecule has 5 heteroatoms. The van der Waals surface area contributed by atoms with Crippen LogP contribution in [0.15, 0.2) is 0 Å². The monoisotopic (exact) mass is 230 g/mol. The van der Waals surface area contributed by atoms with Gasteiger partial charge in [-0.2, -0.15) is 0 Å². The predicted molar refractivity (Wildman–Crippen MR) is 62.2 cm³/mol. The molecule has 0 spiro atoms. The number of amides is 1. The second-order valence-electron chi connectivity index (χ2n) is 4.00. The highest BCUT2D eigenvalue weighted by Gasteiger charge is 2.05. The summed E-state index contributed by atoms with van der Waals surface area (Å²) in [6, 6.07) is 0. The van der Waals surface area contributed by atoms with E-state index in [4.69, 9.17) is 5.11 Å². The Balaban J connectivity index is 3.30. The third-order valence-electron chi connectivity index (χ3n) is 2.47. The second kappa shape index (κ2) is 9.15. The minimum Gasteiger partial charge on any atom is -0.481 e. The van der Waals surface area contributed by atoms with Crippen LogP contribution in [0.1, 0.15) is 32.6 Å². The first kappa shape index (κ1) is 14.9. The highest BCUT2D eigenvalue weighted by Crippen LogP contribution is 2.08. The number of carbonyl (C=O) groups is 2. The molecule has 0 fully saturated rings. The Morgan fingerprint density at radius 1 is 1.19 bits per heavy atom. The standard InChI is InChI=1S/C11H22N2O3/c1-9(3-4-11(15)16)5-7-13-8-6-10(14)12-2/h9,13H,3-8H2,1-2H3,(H,12,14)(H,15,16). The van der Waals surface area contributed by atoms with E-state index >= 15 is 0 Å². The summed E-state index contributed by atoms with van der Waals surface area (Å²) < 4.78 is 0. The average Bonchev–Trinajstić information content (AvgIpc) is 2.25. The molecule has 0 saturated heterocycles. The number of nitrogens with one attached hydrogen (secondary N) is 2. The zero-order chi connectivity index (χ0) is 12.4. The summed E-state index contributed by atoms with van der Waals surface area (Å²) >= 11 is 0. The molecule has 0 saturated carbocycles. The minimum absolute atomic E-state index is 0.0337. The van der Waals surface area contributed by atoms with Gasteiger partial charge in [0.15, 0.2) is 0 Å². The van der Waals surface area contributed by atoms with Crippen LogP contribution in [0.25, 0.3) is 0 Å². The summed E-state index contributed by atoms with van der Waals surface area (Å²) in [5.41, 5.74) is 0. The first-order chi connectivity index (χ1) is 7.56. The third kappa shape index (κ3) is 9.45. The Morgan fingerprint density at radius 3 is 2.44 bits per heavy atom. The topological polar surface area (TPSA) is 78.4 Å². The molecule has 1 atom stereocenters. The maximum Gasteiger partial charge on any atom is 0.303 e. The molecule has 0 bridgehead atoms. The highest BCUT2D eigenvalue weighted by atomic mass is 16.4. The Hall–Kier alpha value is -1.10. The van der Waals surface area contributed by atoms with Crippen LogP contribution < -0.4 is 10.6 Å². The molecule has 0 aromatic carbocycles. The molecule has 1 unspecified atom stereocenters. The highest BCUT2D eigenvalue weighted by molar-refractivity contribution is 5.75. The van der Waals surface area contributed by atoms with Crippen LogP contribution in [0.4, 0.5) is 0 Å². The van der Waals surface area contributed by atoms with Gasteiger partial charge in [0.05, 0.1) is 0 Å². The lowest BCUT2D eigenvalue weighted by Crippen LogP contribution is -2.26. The largest absolute Gasteiger partial charge is 0.481 e. The fraction of sp³-hybridized carbons (Fsp3) is 0.818. The summed E-state index contributed by atoms with van der Waals surface area (Å²) in [5.74, 6) is -0.297. The van der Waals surface area contributed by atoms with Crippen molar-refractivity contribution in [3.05, 3.63) is 0 Å². The van der Waals surface area contributed by atoms with E-state index in [0.717, 1.165) is 13.0 Å². The molecular formula is C11H22N2O3. The lowest BCUT2D eigenvalue weighted by Gasteiger charge is -2.10. The van der Waals surface area contributed by atoms with Gasteiger partial charge in [-0.3, -0.25) is 9.59 Å². The quantitative estimate of drug-likeness (QED) is 0.507. The minimum atomic E-state index is -0.737. The van der Waals surface area contributed by atoms with Crippen LogP contribution in [0.3, 0.4) is 0 Å². The summed E-state index contributed by atoms with van der Waals surface area (Å²) in [6.45, 7) is 3.55. The Kier molecular flexibility index (Phi) is 8.52. The van der Waals surface area contributed by atoms with Gasteiger partial charge in [0, 0.05) is 26.4 Å². The van der Waals surface area contributed by atoms with Crippen molar-refractivity contribution in [1.82, 2.24) is 10.6 Å². The van der Waals surface area contributed by atoms with Gasteiger partial charge in [-0.1, -0.05) is 6.92 Å².